The standard InChI is InChI=1S/C13H30N2O2/c1-5-12(16)15(13(17)6-2)11-9-10-14(7-3)8-4/h12-13,16-17H,5-11H2,1-4H3. The lowest BCUT2D eigenvalue weighted by atomic mass is 10.2. The molecule has 0 aromatic heterocycles. The first-order valence-corrected chi connectivity index (χ1v) is 6.94. The van der Waals surface area contributed by atoms with Gasteiger partial charge in [0.25, 0.3) is 0 Å². The van der Waals surface area contributed by atoms with Crippen LogP contribution in [-0.4, -0.2) is 58.6 Å². The Labute approximate surface area is 106 Å². The van der Waals surface area contributed by atoms with Gasteiger partial charge in [0.15, 0.2) is 0 Å². The van der Waals surface area contributed by atoms with Crippen LogP contribution in [0.5, 0.6) is 0 Å². The summed E-state index contributed by atoms with van der Waals surface area (Å²) in [5, 5.41) is 19.7. The van der Waals surface area contributed by atoms with E-state index in [-0.39, 0.29) is 0 Å². The van der Waals surface area contributed by atoms with Crippen LogP contribution in [0.15, 0.2) is 0 Å². The molecule has 0 aromatic carbocycles. The zero-order chi connectivity index (χ0) is 13.3. The summed E-state index contributed by atoms with van der Waals surface area (Å²) < 4.78 is 0. The molecule has 0 aliphatic heterocycles. The topological polar surface area (TPSA) is 46.9 Å². The highest BCUT2D eigenvalue weighted by molar-refractivity contribution is 4.65. The summed E-state index contributed by atoms with van der Waals surface area (Å²) in [6.07, 6.45) is 1.24. The van der Waals surface area contributed by atoms with Gasteiger partial charge in [0, 0.05) is 6.54 Å². The van der Waals surface area contributed by atoms with Gasteiger partial charge >= 0.3 is 0 Å². The van der Waals surface area contributed by atoms with Crippen molar-refractivity contribution in [3.8, 4) is 0 Å². The third kappa shape index (κ3) is 6.36. The minimum absolute atomic E-state index is 0.526. The van der Waals surface area contributed by atoms with Gasteiger partial charge in [-0.05, 0) is 38.9 Å². The number of aliphatic hydroxyl groups is 2. The highest BCUT2D eigenvalue weighted by Gasteiger charge is 2.20. The van der Waals surface area contributed by atoms with Crippen molar-refractivity contribution in [2.24, 2.45) is 0 Å². The van der Waals surface area contributed by atoms with Crippen LogP contribution in [0.25, 0.3) is 0 Å². The molecule has 0 saturated heterocycles. The van der Waals surface area contributed by atoms with Crippen molar-refractivity contribution in [3.63, 3.8) is 0 Å². The first-order valence-electron chi connectivity index (χ1n) is 6.94. The molecule has 2 unspecified atom stereocenters. The summed E-state index contributed by atoms with van der Waals surface area (Å²) in [4.78, 5) is 4.15. The molecule has 0 radical (unpaired) electrons. The number of hydrogen-bond donors (Lipinski definition) is 2. The van der Waals surface area contributed by atoms with E-state index in [2.05, 4.69) is 18.7 Å². The van der Waals surface area contributed by atoms with Crippen LogP contribution in [0.3, 0.4) is 0 Å². The van der Waals surface area contributed by atoms with Crippen LogP contribution in [0, 0.1) is 0 Å². The van der Waals surface area contributed by atoms with E-state index in [0.29, 0.717) is 12.8 Å². The fourth-order valence-corrected chi connectivity index (χ4v) is 1.98. The monoisotopic (exact) mass is 246 g/mol. The van der Waals surface area contributed by atoms with Crippen LogP contribution in [0.1, 0.15) is 47.0 Å². The average molecular weight is 246 g/mol. The van der Waals surface area contributed by atoms with Crippen molar-refractivity contribution in [2.75, 3.05) is 26.2 Å². The third-order valence-corrected chi connectivity index (χ3v) is 3.28. The summed E-state index contributed by atoms with van der Waals surface area (Å²) in [6, 6.07) is 0. The van der Waals surface area contributed by atoms with Crippen molar-refractivity contribution in [2.45, 2.75) is 59.4 Å². The molecule has 4 nitrogen and oxygen atoms in total. The second kappa shape index (κ2) is 9.83. The van der Waals surface area contributed by atoms with E-state index in [4.69, 9.17) is 0 Å². The normalized spacial score (nSPS) is 15.5. The molecule has 2 N–H and O–H groups in total. The Hall–Kier alpha value is -0.160. The second-order valence-electron chi connectivity index (χ2n) is 4.40. The van der Waals surface area contributed by atoms with Crippen molar-refractivity contribution in [1.29, 1.82) is 0 Å². The molecule has 104 valence electrons. The Bertz CT molecular complexity index is 165. The molecule has 0 bridgehead atoms. The van der Waals surface area contributed by atoms with E-state index < -0.39 is 12.5 Å². The largest absolute Gasteiger partial charge is 0.378 e. The molecule has 0 rings (SSSR count). The molecule has 17 heavy (non-hydrogen) atoms. The molecule has 0 heterocycles. The Morgan fingerprint density at radius 2 is 1.29 bits per heavy atom. The smallest absolute Gasteiger partial charge is 0.109 e. The van der Waals surface area contributed by atoms with E-state index in [0.717, 1.165) is 32.6 Å². The molecule has 0 aliphatic rings. The molecule has 0 amide bonds. The van der Waals surface area contributed by atoms with Crippen LogP contribution in [0.4, 0.5) is 0 Å². The average Bonchev–Trinajstić information content (AvgIpc) is 2.37. The van der Waals surface area contributed by atoms with Crippen molar-refractivity contribution in [3.05, 3.63) is 0 Å². The van der Waals surface area contributed by atoms with Crippen molar-refractivity contribution < 1.29 is 10.2 Å². The fourth-order valence-electron chi connectivity index (χ4n) is 1.98. The SMILES string of the molecule is CCC(O)N(CCCN(CC)CC)C(O)CC. The van der Waals surface area contributed by atoms with Crippen molar-refractivity contribution >= 4 is 0 Å². The highest BCUT2D eigenvalue weighted by Crippen LogP contribution is 2.09. The molecule has 0 fully saturated rings. The third-order valence-electron chi connectivity index (χ3n) is 3.28. The first-order chi connectivity index (χ1) is 8.10. The van der Waals surface area contributed by atoms with Gasteiger partial charge in [0.2, 0.25) is 0 Å². The van der Waals surface area contributed by atoms with E-state index >= 15 is 0 Å². The predicted molar refractivity (Wildman–Crippen MR) is 71.7 cm³/mol. The van der Waals surface area contributed by atoms with Crippen LogP contribution >= 0.6 is 0 Å². The Balaban J connectivity index is 4.07. The van der Waals surface area contributed by atoms with Gasteiger partial charge in [-0.2, -0.15) is 0 Å². The Morgan fingerprint density at radius 3 is 1.65 bits per heavy atom. The van der Waals surface area contributed by atoms with Gasteiger partial charge in [-0.25, -0.2) is 0 Å². The van der Waals surface area contributed by atoms with E-state index in [1.165, 1.54) is 0 Å². The van der Waals surface area contributed by atoms with Gasteiger partial charge in [-0.1, -0.05) is 27.7 Å². The zero-order valence-electron chi connectivity index (χ0n) is 11.9. The lowest BCUT2D eigenvalue weighted by Crippen LogP contribution is -2.44. The quantitative estimate of drug-likeness (QED) is 0.573. The van der Waals surface area contributed by atoms with Gasteiger partial charge in [-0.3, -0.25) is 4.90 Å². The minimum Gasteiger partial charge on any atom is -0.378 e. The van der Waals surface area contributed by atoms with Gasteiger partial charge in [0.05, 0.1) is 0 Å². The maximum absolute atomic E-state index is 9.85. The molecule has 0 spiro atoms. The predicted octanol–water partition coefficient (Wildman–Crippen LogP) is 1.48. The van der Waals surface area contributed by atoms with Gasteiger partial charge in [-0.15, -0.1) is 0 Å². The van der Waals surface area contributed by atoms with E-state index in [1.807, 2.05) is 13.8 Å². The van der Waals surface area contributed by atoms with Crippen LogP contribution in [0.2, 0.25) is 0 Å². The number of rotatable bonds is 10. The van der Waals surface area contributed by atoms with Gasteiger partial charge < -0.3 is 15.1 Å². The Morgan fingerprint density at radius 1 is 0.824 bits per heavy atom. The molecular formula is C13H30N2O2. The van der Waals surface area contributed by atoms with Crippen molar-refractivity contribution in [1.82, 2.24) is 9.80 Å². The molecule has 2 atom stereocenters. The maximum atomic E-state index is 9.85. The highest BCUT2D eigenvalue weighted by atomic mass is 16.3. The van der Waals surface area contributed by atoms with Gasteiger partial charge in [0.1, 0.15) is 12.5 Å². The molecule has 0 aromatic rings. The lowest BCUT2D eigenvalue weighted by molar-refractivity contribution is -0.104. The van der Waals surface area contributed by atoms with Crippen LogP contribution in [-0.2, 0) is 0 Å². The second-order valence-corrected chi connectivity index (χ2v) is 4.40. The molecule has 4 heteroatoms. The van der Waals surface area contributed by atoms with Crippen LogP contribution < -0.4 is 0 Å². The number of nitrogens with zero attached hydrogens (tertiary/aromatic N) is 2. The minimum atomic E-state index is -0.526. The first kappa shape index (κ1) is 16.8. The summed E-state index contributed by atoms with van der Waals surface area (Å²) in [6.45, 7) is 12.1. The van der Waals surface area contributed by atoms with E-state index in [9.17, 15) is 10.2 Å². The summed E-state index contributed by atoms with van der Waals surface area (Å²) in [7, 11) is 0. The Kier molecular flexibility index (Phi) is 9.74. The molecular weight excluding hydrogens is 216 g/mol. The van der Waals surface area contributed by atoms with E-state index in [1.54, 1.807) is 4.90 Å². The molecule has 0 saturated carbocycles. The number of aliphatic hydroxyl groups excluding tert-OH is 2. The maximum Gasteiger partial charge on any atom is 0.109 e. The fraction of sp³-hybridized carbons (Fsp3) is 1.00. The zero-order valence-corrected chi connectivity index (χ0v) is 11.9. The summed E-state index contributed by atoms with van der Waals surface area (Å²) >= 11 is 0. The summed E-state index contributed by atoms with van der Waals surface area (Å²) in [5.41, 5.74) is 0. The number of hydrogen-bond acceptors (Lipinski definition) is 4. The summed E-state index contributed by atoms with van der Waals surface area (Å²) in [5.74, 6) is 0. The lowest BCUT2D eigenvalue weighted by Gasteiger charge is -2.32. The molecule has 0 aliphatic carbocycles.